The third-order valence-electron chi connectivity index (χ3n) is 2.86. The highest BCUT2D eigenvalue weighted by Gasteiger charge is 2.37. The van der Waals surface area contributed by atoms with Crippen molar-refractivity contribution in [3.63, 3.8) is 0 Å². The topological polar surface area (TPSA) is 60.2 Å². The number of rotatable bonds is 5. The summed E-state index contributed by atoms with van der Waals surface area (Å²) in [7, 11) is 0. The van der Waals surface area contributed by atoms with Crippen LogP contribution in [-0.4, -0.2) is 17.8 Å². The molecule has 19 heavy (non-hydrogen) atoms. The molecule has 0 amide bonds. The van der Waals surface area contributed by atoms with Gasteiger partial charge < -0.3 is 4.79 Å². The molecule has 0 bridgehead atoms. The number of hydrogen-bond donors (Lipinski definition) is 0. The first-order valence-corrected chi connectivity index (χ1v) is 5.50. The molecule has 2 atom stereocenters. The second-order valence-corrected chi connectivity index (χ2v) is 4.20. The summed E-state index contributed by atoms with van der Waals surface area (Å²) in [6, 6.07) is 4.62. The van der Waals surface area contributed by atoms with E-state index < -0.39 is 35.0 Å². The van der Waals surface area contributed by atoms with Gasteiger partial charge in [0.05, 0.1) is 11.5 Å². The Morgan fingerprint density at radius 3 is 2.42 bits per heavy atom. The van der Waals surface area contributed by atoms with Crippen molar-refractivity contribution in [3.8, 4) is 0 Å². The van der Waals surface area contributed by atoms with E-state index in [1.54, 1.807) is 0 Å². The van der Waals surface area contributed by atoms with E-state index in [2.05, 4.69) is 0 Å². The summed E-state index contributed by atoms with van der Waals surface area (Å²) in [5.41, 5.74) is -1.15. The maximum atomic E-state index is 12.9. The summed E-state index contributed by atoms with van der Waals surface area (Å²) in [6.45, 7) is 0.654. The fraction of sp³-hybridized carbons (Fsp3) is 0.417. The average molecular weight is 275 g/mol. The minimum Gasteiger partial charge on any atom is -0.303 e. The van der Waals surface area contributed by atoms with E-state index in [9.17, 15) is 28.1 Å². The Kier molecular flexibility index (Phi) is 4.63. The minimum absolute atomic E-state index is 0.216. The summed E-state index contributed by atoms with van der Waals surface area (Å²) in [6.07, 6.45) is -4.17. The lowest BCUT2D eigenvalue weighted by Gasteiger charge is -2.20. The first kappa shape index (κ1) is 15.1. The van der Waals surface area contributed by atoms with E-state index >= 15 is 0 Å². The van der Waals surface area contributed by atoms with Crippen LogP contribution in [0.5, 0.6) is 0 Å². The van der Waals surface area contributed by atoms with Gasteiger partial charge in [0, 0.05) is 10.8 Å². The Morgan fingerprint density at radius 1 is 1.37 bits per heavy atom. The van der Waals surface area contributed by atoms with E-state index in [1.807, 2.05) is 0 Å². The number of carbonyl (C=O) groups excluding carboxylic acids is 1. The van der Waals surface area contributed by atoms with Crippen LogP contribution in [0, 0.1) is 16.0 Å². The van der Waals surface area contributed by atoms with Crippen LogP contribution < -0.4 is 0 Å². The van der Waals surface area contributed by atoms with E-state index in [-0.39, 0.29) is 5.56 Å². The highest BCUT2D eigenvalue weighted by atomic mass is 19.4. The molecule has 0 spiro atoms. The SMILES string of the molecule is C[C@@H](C=O)[C@H](C[N+](=O)[O-])c1ccccc1C(F)(F)F. The molecule has 0 unspecified atom stereocenters. The van der Waals surface area contributed by atoms with Crippen LogP contribution in [0.4, 0.5) is 13.2 Å². The van der Waals surface area contributed by atoms with Crippen LogP contribution >= 0.6 is 0 Å². The van der Waals surface area contributed by atoms with Gasteiger partial charge >= 0.3 is 6.18 Å². The Labute approximate surface area is 107 Å². The highest BCUT2D eigenvalue weighted by molar-refractivity contribution is 5.56. The van der Waals surface area contributed by atoms with E-state index in [0.29, 0.717) is 6.29 Å². The van der Waals surface area contributed by atoms with Crippen molar-refractivity contribution in [2.75, 3.05) is 6.54 Å². The normalized spacial score (nSPS) is 14.7. The van der Waals surface area contributed by atoms with Crippen molar-refractivity contribution in [2.45, 2.75) is 19.0 Å². The Bertz CT molecular complexity index is 474. The van der Waals surface area contributed by atoms with Gasteiger partial charge in [0.15, 0.2) is 0 Å². The molecule has 1 rings (SSSR count). The largest absolute Gasteiger partial charge is 0.416 e. The van der Waals surface area contributed by atoms with Gasteiger partial charge in [-0.25, -0.2) is 0 Å². The molecule has 0 aromatic heterocycles. The summed E-state index contributed by atoms with van der Waals surface area (Å²) < 4.78 is 38.6. The van der Waals surface area contributed by atoms with Gasteiger partial charge in [-0.2, -0.15) is 13.2 Å². The molecule has 0 N–H and O–H groups in total. The molecular formula is C12H12F3NO3. The molecule has 0 heterocycles. The van der Waals surface area contributed by atoms with Gasteiger partial charge in [-0.05, 0) is 11.6 Å². The van der Waals surface area contributed by atoms with Crippen LogP contribution in [0.3, 0.4) is 0 Å². The number of nitrogens with zero attached hydrogens (tertiary/aromatic N) is 1. The Balaban J connectivity index is 3.30. The van der Waals surface area contributed by atoms with Crippen LogP contribution in [0.2, 0.25) is 0 Å². The molecule has 0 saturated heterocycles. The first-order chi connectivity index (χ1) is 8.77. The first-order valence-electron chi connectivity index (χ1n) is 5.50. The van der Waals surface area contributed by atoms with Crippen molar-refractivity contribution in [1.29, 1.82) is 0 Å². The highest BCUT2D eigenvalue weighted by Crippen LogP contribution is 2.37. The average Bonchev–Trinajstić information content (AvgIpc) is 2.34. The Morgan fingerprint density at radius 2 is 1.95 bits per heavy atom. The van der Waals surface area contributed by atoms with Crippen LogP contribution in [0.1, 0.15) is 24.0 Å². The number of benzene rings is 1. The van der Waals surface area contributed by atoms with Crippen molar-refractivity contribution in [3.05, 3.63) is 45.5 Å². The lowest BCUT2D eigenvalue weighted by molar-refractivity contribution is -0.484. The van der Waals surface area contributed by atoms with Crippen molar-refractivity contribution in [1.82, 2.24) is 0 Å². The van der Waals surface area contributed by atoms with E-state index in [4.69, 9.17) is 0 Å². The Hall–Kier alpha value is -1.92. The predicted octanol–water partition coefficient (Wildman–Crippen LogP) is 2.90. The van der Waals surface area contributed by atoms with Crippen LogP contribution in [0.15, 0.2) is 24.3 Å². The molecule has 104 valence electrons. The maximum absolute atomic E-state index is 12.9. The van der Waals surface area contributed by atoms with Crippen molar-refractivity contribution in [2.24, 2.45) is 5.92 Å². The predicted molar refractivity (Wildman–Crippen MR) is 61.3 cm³/mol. The van der Waals surface area contributed by atoms with E-state index in [1.165, 1.54) is 25.1 Å². The monoisotopic (exact) mass is 275 g/mol. The molecule has 0 radical (unpaired) electrons. The summed E-state index contributed by atoms with van der Waals surface area (Å²) in [5, 5.41) is 10.6. The van der Waals surface area contributed by atoms with Crippen molar-refractivity contribution < 1.29 is 22.9 Å². The second kappa shape index (κ2) is 5.81. The summed E-state index contributed by atoms with van der Waals surface area (Å²) in [5.74, 6) is -1.96. The van der Waals surface area contributed by atoms with Crippen LogP contribution in [-0.2, 0) is 11.0 Å². The molecule has 1 aromatic rings. The summed E-state index contributed by atoms with van der Waals surface area (Å²) in [4.78, 5) is 20.6. The lowest BCUT2D eigenvalue weighted by Crippen LogP contribution is -2.23. The maximum Gasteiger partial charge on any atom is 0.416 e. The van der Waals surface area contributed by atoms with Gasteiger partial charge in [0.2, 0.25) is 6.54 Å². The van der Waals surface area contributed by atoms with E-state index in [0.717, 1.165) is 6.07 Å². The fourth-order valence-electron chi connectivity index (χ4n) is 1.88. The fourth-order valence-corrected chi connectivity index (χ4v) is 1.88. The third-order valence-corrected chi connectivity index (χ3v) is 2.86. The molecule has 0 aliphatic carbocycles. The standard InChI is InChI=1S/C12H12F3NO3/c1-8(7-17)10(6-16(18)19)9-4-2-3-5-11(9)12(13,14)15/h2-5,7-8,10H,6H2,1H3/t8-,10-/m0/s1. The molecule has 0 saturated carbocycles. The molecule has 7 heteroatoms. The molecular weight excluding hydrogens is 263 g/mol. The minimum atomic E-state index is -4.60. The number of nitro groups is 1. The molecule has 4 nitrogen and oxygen atoms in total. The quantitative estimate of drug-likeness (QED) is 0.471. The zero-order chi connectivity index (χ0) is 14.6. The second-order valence-electron chi connectivity index (χ2n) is 4.20. The molecule has 0 aliphatic heterocycles. The number of halogens is 3. The smallest absolute Gasteiger partial charge is 0.303 e. The zero-order valence-electron chi connectivity index (χ0n) is 10.1. The number of carbonyl (C=O) groups is 1. The number of hydrogen-bond acceptors (Lipinski definition) is 3. The zero-order valence-corrected chi connectivity index (χ0v) is 10.1. The van der Waals surface area contributed by atoms with Gasteiger partial charge in [-0.3, -0.25) is 10.1 Å². The summed E-state index contributed by atoms with van der Waals surface area (Å²) >= 11 is 0. The molecule has 1 aromatic carbocycles. The number of aldehydes is 1. The van der Waals surface area contributed by atoms with Gasteiger partial charge in [0.1, 0.15) is 6.29 Å². The van der Waals surface area contributed by atoms with Gasteiger partial charge in [0.25, 0.3) is 0 Å². The van der Waals surface area contributed by atoms with Gasteiger partial charge in [-0.1, -0.05) is 25.1 Å². The van der Waals surface area contributed by atoms with Crippen LogP contribution in [0.25, 0.3) is 0 Å². The van der Waals surface area contributed by atoms with Gasteiger partial charge in [-0.15, -0.1) is 0 Å². The number of alkyl halides is 3. The van der Waals surface area contributed by atoms with Crippen molar-refractivity contribution >= 4 is 6.29 Å². The molecule has 0 aliphatic rings. The molecule has 0 fully saturated rings. The lowest BCUT2D eigenvalue weighted by atomic mass is 9.85. The third kappa shape index (κ3) is 3.77.